The Hall–Kier alpha value is -3.07. The highest BCUT2D eigenvalue weighted by Crippen LogP contribution is 2.11. The van der Waals surface area contributed by atoms with Crippen LogP contribution in [0.1, 0.15) is 30.7 Å². The SMILES string of the molecule is C1CCNCC1.O=c1[nH]c(/C=C/c2ccccn2)c([N+](=O)[O-])c(=O)[nH]1. The minimum absolute atomic E-state index is 0.176. The number of piperidine rings is 1. The molecular weight excluding hydrogens is 326 g/mol. The Morgan fingerprint density at radius 2 is 1.84 bits per heavy atom. The number of hydrogen-bond donors (Lipinski definition) is 3. The molecule has 2 aromatic heterocycles. The second kappa shape index (κ2) is 9.28. The maximum atomic E-state index is 11.3. The van der Waals surface area contributed by atoms with Crippen LogP contribution in [-0.4, -0.2) is 33.0 Å². The zero-order valence-corrected chi connectivity index (χ0v) is 13.5. The molecule has 0 bridgehead atoms. The normalized spacial score (nSPS) is 13.9. The molecule has 0 atom stereocenters. The van der Waals surface area contributed by atoms with Crippen molar-refractivity contribution in [1.82, 2.24) is 20.3 Å². The summed E-state index contributed by atoms with van der Waals surface area (Å²) in [6.07, 6.45) is 8.48. The van der Waals surface area contributed by atoms with Gasteiger partial charge < -0.3 is 10.3 Å². The first-order chi connectivity index (χ1) is 12.1. The highest BCUT2D eigenvalue weighted by Gasteiger charge is 2.18. The van der Waals surface area contributed by atoms with Gasteiger partial charge in [0.25, 0.3) is 0 Å². The van der Waals surface area contributed by atoms with Crippen molar-refractivity contribution in [2.24, 2.45) is 0 Å². The van der Waals surface area contributed by atoms with E-state index in [0.717, 1.165) is 0 Å². The molecule has 3 rings (SSSR count). The van der Waals surface area contributed by atoms with E-state index in [1.165, 1.54) is 44.5 Å². The molecule has 1 aliphatic heterocycles. The van der Waals surface area contributed by atoms with E-state index in [2.05, 4.69) is 15.3 Å². The van der Waals surface area contributed by atoms with Crippen molar-refractivity contribution in [3.63, 3.8) is 0 Å². The average molecular weight is 345 g/mol. The minimum Gasteiger partial charge on any atom is -0.317 e. The first-order valence-electron chi connectivity index (χ1n) is 7.89. The summed E-state index contributed by atoms with van der Waals surface area (Å²) in [5.74, 6) is 0. The van der Waals surface area contributed by atoms with Crippen molar-refractivity contribution < 1.29 is 4.92 Å². The Morgan fingerprint density at radius 1 is 1.08 bits per heavy atom. The van der Waals surface area contributed by atoms with Crippen LogP contribution in [0.2, 0.25) is 0 Å². The molecule has 0 spiro atoms. The molecule has 9 nitrogen and oxygen atoms in total. The molecule has 9 heteroatoms. The number of aromatic amines is 2. The van der Waals surface area contributed by atoms with Crippen LogP contribution < -0.4 is 16.6 Å². The zero-order chi connectivity index (χ0) is 18.1. The molecule has 0 amide bonds. The van der Waals surface area contributed by atoms with Crippen molar-refractivity contribution in [2.75, 3.05) is 13.1 Å². The van der Waals surface area contributed by atoms with Crippen LogP contribution in [0.3, 0.4) is 0 Å². The lowest BCUT2D eigenvalue weighted by molar-refractivity contribution is -0.386. The number of pyridine rings is 1. The molecule has 0 saturated carbocycles. The van der Waals surface area contributed by atoms with Gasteiger partial charge in [0.2, 0.25) is 0 Å². The fraction of sp³-hybridized carbons (Fsp3) is 0.312. The van der Waals surface area contributed by atoms with E-state index in [0.29, 0.717) is 5.69 Å². The van der Waals surface area contributed by atoms with Crippen LogP contribution in [-0.2, 0) is 0 Å². The summed E-state index contributed by atoms with van der Waals surface area (Å²) in [4.78, 5) is 40.4. The Balaban J connectivity index is 0.000000316. The van der Waals surface area contributed by atoms with E-state index in [4.69, 9.17) is 0 Å². The zero-order valence-electron chi connectivity index (χ0n) is 13.5. The molecule has 2 aromatic rings. The summed E-state index contributed by atoms with van der Waals surface area (Å²) in [5.41, 5.74) is -2.21. The van der Waals surface area contributed by atoms with Gasteiger partial charge in [-0.1, -0.05) is 12.5 Å². The lowest BCUT2D eigenvalue weighted by atomic mass is 10.2. The number of hydrogen-bond acceptors (Lipinski definition) is 6. The highest BCUT2D eigenvalue weighted by molar-refractivity contribution is 5.70. The van der Waals surface area contributed by atoms with Crippen LogP contribution in [0.25, 0.3) is 12.2 Å². The average Bonchev–Trinajstić information content (AvgIpc) is 2.62. The van der Waals surface area contributed by atoms with E-state index in [-0.39, 0.29) is 5.69 Å². The summed E-state index contributed by atoms with van der Waals surface area (Å²) in [6, 6.07) is 5.13. The molecule has 0 radical (unpaired) electrons. The largest absolute Gasteiger partial charge is 0.357 e. The minimum atomic E-state index is -1.05. The number of nitro groups is 1. The molecule has 1 aliphatic rings. The molecule has 0 aromatic carbocycles. The Bertz CT molecular complexity index is 826. The Morgan fingerprint density at radius 3 is 2.36 bits per heavy atom. The highest BCUT2D eigenvalue weighted by atomic mass is 16.6. The first kappa shape index (κ1) is 18.3. The molecule has 0 unspecified atom stereocenters. The summed E-state index contributed by atoms with van der Waals surface area (Å²) >= 11 is 0. The van der Waals surface area contributed by atoms with Crippen molar-refractivity contribution in [1.29, 1.82) is 0 Å². The van der Waals surface area contributed by atoms with E-state index < -0.39 is 21.9 Å². The van der Waals surface area contributed by atoms with Gasteiger partial charge in [0.15, 0.2) is 0 Å². The summed E-state index contributed by atoms with van der Waals surface area (Å²) in [5, 5.41) is 14.1. The van der Waals surface area contributed by atoms with Gasteiger partial charge in [-0.15, -0.1) is 0 Å². The smallest absolute Gasteiger partial charge is 0.317 e. The van der Waals surface area contributed by atoms with E-state index in [1.807, 2.05) is 0 Å². The maximum Gasteiger partial charge on any atom is 0.357 e. The molecule has 1 saturated heterocycles. The standard InChI is InChI=1S/C11H8N4O4.C5H11N/c16-10-9(15(18)19)8(13-11(17)14-10)5-4-7-3-1-2-6-12-7;1-2-4-6-5-3-1/h1-6H,(H2,13,14,16,17);6H,1-5H2/b5-4+;. The van der Waals surface area contributed by atoms with Gasteiger partial charge in [-0.3, -0.25) is 24.9 Å². The third kappa shape index (κ3) is 5.81. The number of rotatable bonds is 3. The summed E-state index contributed by atoms with van der Waals surface area (Å²) in [6.45, 7) is 2.50. The van der Waals surface area contributed by atoms with E-state index in [9.17, 15) is 19.7 Å². The van der Waals surface area contributed by atoms with E-state index >= 15 is 0 Å². The predicted molar refractivity (Wildman–Crippen MR) is 94.2 cm³/mol. The van der Waals surface area contributed by atoms with Crippen molar-refractivity contribution in [2.45, 2.75) is 19.3 Å². The van der Waals surface area contributed by atoms with Gasteiger partial charge in [-0.05, 0) is 50.2 Å². The second-order valence-electron chi connectivity index (χ2n) is 5.33. The summed E-state index contributed by atoms with van der Waals surface area (Å²) in [7, 11) is 0. The molecule has 132 valence electrons. The van der Waals surface area contributed by atoms with Crippen molar-refractivity contribution in [3.05, 3.63) is 66.7 Å². The van der Waals surface area contributed by atoms with Gasteiger partial charge in [0, 0.05) is 6.20 Å². The van der Waals surface area contributed by atoms with Gasteiger partial charge in [0.05, 0.1) is 10.6 Å². The molecule has 25 heavy (non-hydrogen) atoms. The summed E-state index contributed by atoms with van der Waals surface area (Å²) < 4.78 is 0. The molecule has 3 N–H and O–H groups in total. The monoisotopic (exact) mass is 345 g/mol. The molecule has 0 aliphatic carbocycles. The van der Waals surface area contributed by atoms with Crippen LogP contribution >= 0.6 is 0 Å². The van der Waals surface area contributed by atoms with Crippen LogP contribution in [0.5, 0.6) is 0 Å². The van der Waals surface area contributed by atoms with Crippen molar-refractivity contribution >= 4 is 17.8 Å². The molecule has 1 fully saturated rings. The molecule has 3 heterocycles. The third-order valence-electron chi connectivity index (χ3n) is 3.44. The fourth-order valence-electron chi connectivity index (χ4n) is 2.24. The third-order valence-corrected chi connectivity index (χ3v) is 3.44. The van der Waals surface area contributed by atoms with Crippen LogP contribution in [0.15, 0.2) is 34.0 Å². The predicted octanol–water partition coefficient (Wildman–Crippen LogP) is 1.30. The quantitative estimate of drug-likeness (QED) is 0.567. The van der Waals surface area contributed by atoms with Gasteiger partial charge in [-0.25, -0.2) is 4.79 Å². The maximum absolute atomic E-state index is 11.3. The fourth-order valence-corrected chi connectivity index (χ4v) is 2.24. The number of nitrogens with zero attached hydrogens (tertiary/aromatic N) is 2. The second-order valence-corrected chi connectivity index (χ2v) is 5.33. The Kier molecular flexibility index (Phi) is 6.78. The number of nitrogens with one attached hydrogen (secondary N) is 3. The topological polar surface area (TPSA) is 134 Å². The lowest BCUT2D eigenvalue weighted by Crippen LogP contribution is -2.25. The number of aromatic nitrogens is 3. The van der Waals surface area contributed by atoms with Gasteiger partial charge in [-0.2, -0.15) is 0 Å². The number of H-pyrrole nitrogens is 2. The first-order valence-corrected chi connectivity index (χ1v) is 7.89. The molecular formula is C16H19N5O4. The van der Waals surface area contributed by atoms with Crippen molar-refractivity contribution in [3.8, 4) is 0 Å². The lowest BCUT2D eigenvalue weighted by Gasteiger charge is -2.08. The van der Waals surface area contributed by atoms with Crippen LogP contribution in [0, 0.1) is 10.1 Å². The van der Waals surface area contributed by atoms with E-state index in [1.54, 1.807) is 29.4 Å². The Labute approximate surface area is 143 Å². The van der Waals surface area contributed by atoms with Crippen LogP contribution in [0.4, 0.5) is 5.69 Å². The van der Waals surface area contributed by atoms with Gasteiger partial charge in [0.1, 0.15) is 5.69 Å². The van der Waals surface area contributed by atoms with Gasteiger partial charge >= 0.3 is 16.9 Å².